The fraction of sp³-hybridized carbons (Fsp3) is 0.321. The normalized spacial score (nSPS) is 18.3. The molecule has 1 aliphatic rings. The van der Waals surface area contributed by atoms with Crippen LogP contribution in [-0.2, 0) is 20.1 Å². The third kappa shape index (κ3) is 3.75. The summed E-state index contributed by atoms with van der Waals surface area (Å²) >= 11 is 0. The van der Waals surface area contributed by atoms with E-state index in [0.29, 0.717) is 24.2 Å². The van der Waals surface area contributed by atoms with E-state index in [4.69, 9.17) is 4.74 Å². The highest BCUT2D eigenvalue weighted by Crippen LogP contribution is 2.39. The summed E-state index contributed by atoms with van der Waals surface area (Å²) in [6.07, 6.45) is 5.44. The van der Waals surface area contributed by atoms with Gasteiger partial charge < -0.3 is 9.30 Å². The average molecular weight is 427 g/mol. The Morgan fingerprint density at radius 1 is 1.00 bits per heavy atom. The van der Waals surface area contributed by atoms with Gasteiger partial charge in [0.2, 0.25) is 0 Å². The van der Waals surface area contributed by atoms with Crippen LogP contribution in [0.25, 0.3) is 16.6 Å². The summed E-state index contributed by atoms with van der Waals surface area (Å²) in [6.45, 7) is 5.15. The fourth-order valence-electron chi connectivity index (χ4n) is 5.07. The molecule has 0 amide bonds. The van der Waals surface area contributed by atoms with E-state index >= 15 is 0 Å². The van der Waals surface area contributed by atoms with E-state index in [1.165, 1.54) is 35.0 Å². The number of nitrogens with zero attached hydrogens (tertiary/aromatic N) is 2. The van der Waals surface area contributed by atoms with Crippen molar-refractivity contribution >= 4 is 10.9 Å². The molecule has 4 nitrogen and oxygen atoms in total. The first-order valence-corrected chi connectivity index (χ1v) is 11.5. The summed E-state index contributed by atoms with van der Waals surface area (Å²) in [5.41, 5.74) is 6.02. The van der Waals surface area contributed by atoms with Crippen molar-refractivity contribution in [2.45, 2.75) is 45.6 Å². The highest BCUT2D eigenvalue weighted by atomic mass is 16.5. The van der Waals surface area contributed by atoms with Crippen LogP contribution in [0.3, 0.4) is 0 Å². The second-order valence-electron chi connectivity index (χ2n) is 9.25. The van der Waals surface area contributed by atoms with Gasteiger partial charge in [0.1, 0.15) is 12.4 Å². The molecule has 2 aromatic carbocycles. The zero-order valence-electron chi connectivity index (χ0n) is 19.0. The van der Waals surface area contributed by atoms with E-state index in [9.17, 15) is 4.79 Å². The molecule has 2 heterocycles. The maximum atomic E-state index is 12.9. The highest BCUT2D eigenvalue weighted by Gasteiger charge is 2.25. The molecule has 4 heteroatoms. The molecule has 4 aromatic rings. The van der Waals surface area contributed by atoms with Crippen LogP contribution in [-0.4, -0.2) is 9.13 Å². The van der Waals surface area contributed by atoms with Gasteiger partial charge in [-0.25, -0.2) is 0 Å². The smallest absolute Gasteiger partial charge is 0.258 e. The SMILES string of the molecule is CC1CCC(C)c2c(n(C)c3cc(-n4ccc(OCc5ccccc5)cc4=O)ccc23)C1. The van der Waals surface area contributed by atoms with Crippen LogP contribution >= 0.6 is 0 Å². The number of hydrogen-bond donors (Lipinski definition) is 0. The molecule has 1 aliphatic carbocycles. The Bertz CT molecular complexity index is 1320. The molecule has 164 valence electrons. The second kappa shape index (κ2) is 8.34. The molecule has 0 saturated carbocycles. The minimum Gasteiger partial charge on any atom is -0.489 e. The number of aryl methyl sites for hydroxylation is 1. The van der Waals surface area contributed by atoms with Gasteiger partial charge in [0, 0.05) is 30.4 Å². The van der Waals surface area contributed by atoms with Crippen LogP contribution in [0, 0.1) is 5.92 Å². The predicted molar refractivity (Wildman–Crippen MR) is 130 cm³/mol. The van der Waals surface area contributed by atoms with Crippen molar-refractivity contribution in [3.05, 3.63) is 94.0 Å². The lowest BCUT2D eigenvalue weighted by molar-refractivity contribution is 0.305. The van der Waals surface area contributed by atoms with Gasteiger partial charge >= 0.3 is 0 Å². The van der Waals surface area contributed by atoms with Crippen LogP contribution in [0.4, 0.5) is 0 Å². The monoisotopic (exact) mass is 426 g/mol. The lowest BCUT2D eigenvalue weighted by Gasteiger charge is -2.11. The number of hydrogen-bond acceptors (Lipinski definition) is 2. The molecule has 0 fully saturated rings. The van der Waals surface area contributed by atoms with Gasteiger partial charge in [-0.1, -0.05) is 50.2 Å². The molecule has 0 saturated heterocycles. The Balaban J connectivity index is 1.47. The lowest BCUT2D eigenvalue weighted by atomic mass is 9.95. The van der Waals surface area contributed by atoms with Gasteiger partial charge in [0.25, 0.3) is 5.56 Å². The number of rotatable bonds is 4. The standard InChI is InChI=1S/C28H30N2O2/c1-19-9-10-20(2)28-24-12-11-22(16-25(24)29(3)26(28)15-19)30-14-13-23(17-27(30)31)32-18-21-7-5-4-6-8-21/h4-8,11-14,16-17,19-20H,9-10,15,18H2,1-3H3. The van der Waals surface area contributed by atoms with Crippen molar-refractivity contribution in [3.8, 4) is 11.4 Å². The van der Waals surface area contributed by atoms with Crippen molar-refractivity contribution in [2.24, 2.45) is 13.0 Å². The Morgan fingerprint density at radius 2 is 1.81 bits per heavy atom. The van der Waals surface area contributed by atoms with Crippen molar-refractivity contribution in [1.82, 2.24) is 9.13 Å². The van der Waals surface area contributed by atoms with E-state index < -0.39 is 0 Å². The number of aromatic nitrogens is 2. The van der Waals surface area contributed by atoms with Gasteiger partial charge in [-0.05, 0) is 60.4 Å². The summed E-state index contributed by atoms with van der Waals surface area (Å²) in [4.78, 5) is 12.9. The summed E-state index contributed by atoms with van der Waals surface area (Å²) in [5, 5.41) is 1.32. The first-order valence-electron chi connectivity index (χ1n) is 11.5. The predicted octanol–water partition coefficient (Wildman–Crippen LogP) is 5.98. The first kappa shape index (κ1) is 20.6. The van der Waals surface area contributed by atoms with Crippen LogP contribution in [0.2, 0.25) is 0 Å². The van der Waals surface area contributed by atoms with Gasteiger partial charge in [0.15, 0.2) is 0 Å². The number of benzene rings is 2. The van der Waals surface area contributed by atoms with E-state index in [2.05, 4.69) is 43.7 Å². The molecule has 2 aromatic heterocycles. The maximum absolute atomic E-state index is 12.9. The number of ether oxygens (including phenoxy) is 1. The molecule has 0 radical (unpaired) electrons. The Hall–Kier alpha value is -3.27. The zero-order chi connectivity index (χ0) is 22.2. The molecule has 2 atom stereocenters. The van der Waals surface area contributed by atoms with Gasteiger partial charge in [-0.15, -0.1) is 0 Å². The molecule has 32 heavy (non-hydrogen) atoms. The third-order valence-electron chi connectivity index (χ3n) is 6.89. The Kier molecular flexibility index (Phi) is 5.38. The van der Waals surface area contributed by atoms with Gasteiger partial charge in [0.05, 0.1) is 11.2 Å². The molecule has 2 unspecified atom stereocenters. The summed E-state index contributed by atoms with van der Waals surface area (Å²) < 4.78 is 9.86. The minimum absolute atomic E-state index is 0.0901. The largest absolute Gasteiger partial charge is 0.489 e. The van der Waals surface area contributed by atoms with Crippen LogP contribution in [0.15, 0.2) is 71.7 Å². The molecular weight excluding hydrogens is 396 g/mol. The van der Waals surface area contributed by atoms with E-state index in [-0.39, 0.29) is 5.56 Å². The van der Waals surface area contributed by atoms with E-state index in [1.54, 1.807) is 10.6 Å². The fourth-order valence-corrected chi connectivity index (χ4v) is 5.07. The van der Waals surface area contributed by atoms with Crippen molar-refractivity contribution in [2.75, 3.05) is 0 Å². The minimum atomic E-state index is -0.0901. The van der Waals surface area contributed by atoms with Crippen molar-refractivity contribution in [3.63, 3.8) is 0 Å². The summed E-state index contributed by atoms with van der Waals surface area (Å²) in [6, 6.07) is 19.8. The van der Waals surface area contributed by atoms with E-state index in [0.717, 1.165) is 17.7 Å². The molecule has 0 spiro atoms. The summed E-state index contributed by atoms with van der Waals surface area (Å²) in [5.74, 6) is 1.85. The van der Waals surface area contributed by atoms with Crippen LogP contribution < -0.4 is 10.3 Å². The maximum Gasteiger partial charge on any atom is 0.258 e. The first-order chi connectivity index (χ1) is 15.5. The molecule has 0 aliphatic heterocycles. The van der Waals surface area contributed by atoms with E-state index in [1.807, 2.05) is 42.6 Å². The Labute approximate surface area is 189 Å². The zero-order valence-corrected chi connectivity index (χ0v) is 19.0. The molecular formula is C28H30N2O2. The second-order valence-corrected chi connectivity index (χ2v) is 9.25. The number of pyridine rings is 1. The molecule has 0 bridgehead atoms. The molecule has 5 rings (SSSR count). The Morgan fingerprint density at radius 3 is 2.59 bits per heavy atom. The van der Waals surface area contributed by atoms with Gasteiger partial charge in [-0.3, -0.25) is 9.36 Å². The average Bonchev–Trinajstić information content (AvgIpc) is 2.97. The van der Waals surface area contributed by atoms with Gasteiger partial charge in [-0.2, -0.15) is 0 Å². The lowest BCUT2D eigenvalue weighted by Crippen LogP contribution is -2.16. The topological polar surface area (TPSA) is 36.2 Å². The van der Waals surface area contributed by atoms with Crippen molar-refractivity contribution in [1.29, 1.82) is 0 Å². The summed E-state index contributed by atoms with van der Waals surface area (Å²) in [7, 11) is 2.17. The molecule has 0 N–H and O–H groups in total. The van der Waals surface area contributed by atoms with Crippen molar-refractivity contribution < 1.29 is 4.74 Å². The number of fused-ring (bicyclic) bond motifs is 3. The highest BCUT2D eigenvalue weighted by molar-refractivity contribution is 5.88. The van der Waals surface area contributed by atoms with Crippen LogP contribution in [0.5, 0.6) is 5.75 Å². The van der Waals surface area contributed by atoms with Crippen LogP contribution in [0.1, 0.15) is 49.4 Å². The quantitative estimate of drug-likeness (QED) is 0.376. The third-order valence-corrected chi connectivity index (χ3v) is 6.89.